The van der Waals surface area contributed by atoms with Crippen LogP contribution in [-0.4, -0.2) is 10.4 Å². The first kappa shape index (κ1) is 18.3. The maximum absolute atomic E-state index is 13.6. The first-order valence-electron chi connectivity index (χ1n) is 8.30. The Hall–Kier alpha value is -2.53. The van der Waals surface area contributed by atoms with Crippen molar-refractivity contribution in [3.63, 3.8) is 0 Å². The Bertz CT molecular complexity index is 1030. The van der Waals surface area contributed by atoms with E-state index in [1.54, 1.807) is 42.7 Å². The fraction of sp³-hybridized carbons (Fsp3) is 0.143. The summed E-state index contributed by atoms with van der Waals surface area (Å²) < 4.78 is 16.2. The number of benzene rings is 2. The van der Waals surface area contributed by atoms with E-state index < -0.39 is 11.2 Å². The molecule has 0 aliphatic rings. The summed E-state index contributed by atoms with van der Waals surface area (Å²) in [5, 5.41) is 0. The molecule has 5 heteroatoms. The lowest BCUT2D eigenvalue weighted by Crippen LogP contribution is -2.20. The van der Waals surface area contributed by atoms with E-state index in [9.17, 15) is 14.0 Å². The fourth-order valence-electron chi connectivity index (χ4n) is 2.83. The maximum atomic E-state index is 13.6. The number of aromatic nitrogens is 1. The molecule has 3 aromatic rings. The second kappa shape index (κ2) is 7.79. The summed E-state index contributed by atoms with van der Waals surface area (Å²) in [7, 11) is 0. The summed E-state index contributed by atoms with van der Waals surface area (Å²) in [6.07, 6.45) is 4.10. The number of aryl methyl sites for hydroxylation is 1. The molecule has 3 rings (SSSR count). The molecule has 132 valence electrons. The highest BCUT2D eigenvalue weighted by Gasteiger charge is 2.18. The van der Waals surface area contributed by atoms with Gasteiger partial charge in [0.25, 0.3) is 0 Å². The Kier molecular flexibility index (Phi) is 5.47. The van der Waals surface area contributed by atoms with E-state index in [0.29, 0.717) is 23.2 Å². The van der Waals surface area contributed by atoms with Crippen LogP contribution in [0.4, 0.5) is 4.39 Å². The number of carbonyl (C=O) groups is 1. The monoisotopic (exact) mass is 413 g/mol. The van der Waals surface area contributed by atoms with Crippen LogP contribution >= 0.6 is 15.9 Å². The smallest absolute Gasteiger partial charge is 0.200 e. The zero-order valence-corrected chi connectivity index (χ0v) is 15.8. The van der Waals surface area contributed by atoms with Crippen molar-refractivity contribution in [1.82, 2.24) is 4.57 Å². The average Bonchev–Trinajstić information content (AvgIpc) is 2.62. The number of hydrogen-bond acceptors (Lipinski definition) is 2. The van der Waals surface area contributed by atoms with E-state index in [0.717, 1.165) is 10.9 Å². The van der Waals surface area contributed by atoms with E-state index in [1.807, 2.05) is 17.6 Å². The van der Waals surface area contributed by atoms with Crippen LogP contribution < -0.4 is 5.43 Å². The maximum Gasteiger partial charge on any atom is 0.200 e. The molecule has 0 saturated carbocycles. The Morgan fingerprint density at radius 3 is 2.58 bits per heavy atom. The van der Waals surface area contributed by atoms with Crippen molar-refractivity contribution < 1.29 is 9.18 Å². The van der Waals surface area contributed by atoms with E-state index in [4.69, 9.17) is 0 Å². The molecule has 0 radical (unpaired) electrons. The topological polar surface area (TPSA) is 39.1 Å². The molecule has 0 aliphatic heterocycles. The van der Waals surface area contributed by atoms with Crippen LogP contribution in [0.2, 0.25) is 0 Å². The number of ketones is 1. The molecule has 0 N–H and O–H groups in total. The Labute approximate surface area is 159 Å². The van der Waals surface area contributed by atoms with Crippen LogP contribution in [0.1, 0.15) is 29.3 Å². The van der Waals surface area contributed by atoms with Gasteiger partial charge < -0.3 is 4.57 Å². The molecule has 1 aromatic heterocycles. The zero-order chi connectivity index (χ0) is 18.7. The third-order valence-corrected chi connectivity index (χ3v) is 4.52. The van der Waals surface area contributed by atoms with Gasteiger partial charge in [-0.2, -0.15) is 0 Å². The van der Waals surface area contributed by atoms with Crippen molar-refractivity contribution in [2.24, 2.45) is 0 Å². The van der Waals surface area contributed by atoms with Crippen molar-refractivity contribution in [2.45, 2.75) is 19.9 Å². The number of hydrogen-bond donors (Lipinski definition) is 0. The third-order valence-electron chi connectivity index (χ3n) is 4.03. The van der Waals surface area contributed by atoms with E-state index in [-0.39, 0.29) is 11.3 Å². The number of nitrogens with zero attached hydrogens (tertiary/aromatic N) is 1. The molecule has 0 atom stereocenters. The van der Waals surface area contributed by atoms with Crippen LogP contribution in [0.15, 0.2) is 70.2 Å². The molecule has 3 nitrogen and oxygen atoms in total. The Morgan fingerprint density at radius 2 is 1.88 bits per heavy atom. The number of halogens is 2. The summed E-state index contributed by atoms with van der Waals surface area (Å²) in [6, 6.07) is 12.8. The van der Waals surface area contributed by atoms with Gasteiger partial charge in [0.2, 0.25) is 5.43 Å². The Morgan fingerprint density at radius 1 is 1.12 bits per heavy atom. The van der Waals surface area contributed by atoms with Gasteiger partial charge in [0.05, 0.1) is 5.56 Å². The zero-order valence-electron chi connectivity index (χ0n) is 14.2. The van der Waals surface area contributed by atoms with E-state index >= 15 is 0 Å². The molecule has 0 spiro atoms. The van der Waals surface area contributed by atoms with Crippen LogP contribution in [0, 0.1) is 5.82 Å². The van der Waals surface area contributed by atoms with Gasteiger partial charge in [-0.25, -0.2) is 4.39 Å². The minimum absolute atomic E-state index is 0.0818. The highest BCUT2D eigenvalue weighted by Crippen LogP contribution is 2.19. The van der Waals surface area contributed by atoms with Gasteiger partial charge in [-0.3, -0.25) is 9.59 Å². The highest BCUT2D eigenvalue weighted by molar-refractivity contribution is 9.10. The van der Waals surface area contributed by atoms with Gasteiger partial charge in [-0.1, -0.05) is 47.1 Å². The van der Waals surface area contributed by atoms with Crippen LogP contribution in [0.5, 0.6) is 0 Å². The van der Waals surface area contributed by atoms with Gasteiger partial charge in [-0.15, -0.1) is 0 Å². The predicted molar refractivity (Wildman–Crippen MR) is 104 cm³/mol. The number of rotatable bonds is 5. The van der Waals surface area contributed by atoms with Gasteiger partial charge in [0.1, 0.15) is 5.82 Å². The second-order valence-corrected chi connectivity index (χ2v) is 6.92. The molecule has 0 aliphatic carbocycles. The second-order valence-electron chi connectivity index (χ2n) is 6.00. The van der Waals surface area contributed by atoms with Crippen LogP contribution in [0.3, 0.4) is 0 Å². The molecule has 1 heterocycles. The Balaban J connectivity index is 2.19. The molecule has 0 unspecified atom stereocenters. The lowest BCUT2D eigenvalue weighted by atomic mass is 9.99. The van der Waals surface area contributed by atoms with E-state index in [2.05, 4.69) is 15.9 Å². The predicted octanol–water partition coefficient (Wildman–Crippen LogP) is 5.06. The summed E-state index contributed by atoms with van der Waals surface area (Å²) in [5.74, 6) is -0.771. The van der Waals surface area contributed by atoms with Crippen molar-refractivity contribution >= 4 is 21.7 Å². The SMILES string of the molecule is CCCn1cc(C(=O)c2cccc(Br)c2)c(=O)c(-c2cccc(F)c2)c1. The van der Waals surface area contributed by atoms with Crippen molar-refractivity contribution in [3.05, 3.63) is 92.6 Å². The summed E-state index contributed by atoms with van der Waals surface area (Å²) >= 11 is 3.34. The summed E-state index contributed by atoms with van der Waals surface area (Å²) in [6.45, 7) is 2.66. The first-order chi connectivity index (χ1) is 12.5. The lowest BCUT2D eigenvalue weighted by molar-refractivity contribution is 0.103. The van der Waals surface area contributed by atoms with Crippen molar-refractivity contribution in [1.29, 1.82) is 0 Å². The van der Waals surface area contributed by atoms with Crippen LogP contribution in [0.25, 0.3) is 11.1 Å². The van der Waals surface area contributed by atoms with E-state index in [1.165, 1.54) is 12.1 Å². The first-order valence-corrected chi connectivity index (χ1v) is 9.09. The van der Waals surface area contributed by atoms with Crippen molar-refractivity contribution in [3.8, 4) is 11.1 Å². The number of pyridine rings is 1. The summed E-state index contributed by atoms with van der Waals surface area (Å²) in [4.78, 5) is 25.9. The average molecular weight is 414 g/mol. The standard InChI is InChI=1S/C21H17BrFNO2/c1-2-9-24-12-18(14-5-4-8-17(23)11-14)21(26)19(13-24)20(25)15-6-3-7-16(22)10-15/h3-8,10-13H,2,9H2,1H3. The molecule has 0 amide bonds. The van der Waals surface area contributed by atoms with Crippen LogP contribution in [-0.2, 0) is 6.54 Å². The number of carbonyl (C=O) groups excluding carboxylic acids is 1. The van der Waals surface area contributed by atoms with Gasteiger partial charge >= 0.3 is 0 Å². The molecular formula is C21H17BrFNO2. The lowest BCUT2D eigenvalue weighted by Gasteiger charge is -2.11. The summed E-state index contributed by atoms with van der Waals surface area (Å²) in [5.41, 5.74) is 0.893. The van der Waals surface area contributed by atoms with Gasteiger partial charge in [0, 0.05) is 34.5 Å². The molecule has 26 heavy (non-hydrogen) atoms. The minimum Gasteiger partial charge on any atom is -0.353 e. The largest absolute Gasteiger partial charge is 0.353 e. The normalized spacial score (nSPS) is 10.7. The molecule has 0 fully saturated rings. The van der Waals surface area contributed by atoms with Crippen molar-refractivity contribution in [2.75, 3.05) is 0 Å². The van der Waals surface area contributed by atoms with Gasteiger partial charge in [-0.05, 0) is 36.2 Å². The molecular weight excluding hydrogens is 397 g/mol. The molecule has 0 saturated heterocycles. The quantitative estimate of drug-likeness (QED) is 0.548. The third kappa shape index (κ3) is 3.83. The highest BCUT2D eigenvalue weighted by atomic mass is 79.9. The molecule has 2 aromatic carbocycles. The minimum atomic E-state index is -0.423. The van der Waals surface area contributed by atoms with Gasteiger partial charge in [0.15, 0.2) is 5.78 Å². The molecule has 0 bridgehead atoms. The fourth-order valence-corrected chi connectivity index (χ4v) is 3.23.